The lowest BCUT2D eigenvalue weighted by atomic mass is 10.1. The number of nitro benzene ring substituents is 2. The van der Waals surface area contributed by atoms with Crippen molar-refractivity contribution in [1.29, 1.82) is 0 Å². The molecule has 0 amide bonds. The molecule has 0 unspecified atom stereocenters. The number of hydrogen-bond acceptors (Lipinski definition) is 8. The monoisotopic (exact) mass is 363 g/mol. The SMILES string of the molecule is O=C(O)c1cc([N+](=O)[O-])c(Nc2ccc(C(=O)O)c(O)c2)c([N+](=O)[O-])c1. The number of carboxylic acid groups (broad SMARTS) is 2. The van der Waals surface area contributed by atoms with Gasteiger partial charge in [0.05, 0.1) is 15.4 Å². The maximum atomic E-state index is 11.2. The summed E-state index contributed by atoms with van der Waals surface area (Å²) in [5, 5.41) is 52.2. The van der Waals surface area contributed by atoms with E-state index in [0.717, 1.165) is 18.2 Å². The molecule has 26 heavy (non-hydrogen) atoms. The van der Waals surface area contributed by atoms with E-state index in [1.807, 2.05) is 0 Å². The zero-order chi connectivity index (χ0) is 19.6. The molecule has 2 aromatic rings. The van der Waals surface area contributed by atoms with E-state index in [1.54, 1.807) is 0 Å². The van der Waals surface area contributed by atoms with Crippen LogP contribution in [0.3, 0.4) is 0 Å². The van der Waals surface area contributed by atoms with E-state index in [0.29, 0.717) is 12.1 Å². The third-order valence-corrected chi connectivity index (χ3v) is 3.23. The van der Waals surface area contributed by atoms with Crippen molar-refractivity contribution in [3.05, 3.63) is 61.7 Å². The molecule has 2 aromatic carbocycles. The summed E-state index contributed by atoms with van der Waals surface area (Å²) in [6.07, 6.45) is 0. The third-order valence-electron chi connectivity index (χ3n) is 3.23. The maximum absolute atomic E-state index is 11.2. The van der Waals surface area contributed by atoms with Crippen LogP contribution in [0, 0.1) is 20.2 Å². The average molecular weight is 363 g/mol. The second-order valence-corrected chi connectivity index (χ2v) is 4.87. The minimum Gasteiger partial charge on any atom is -0.507 e. The highest BCUT2D eigenvalue weighted by atomic mass is 16.6. The lowest BCUT2D eigenvalue weighted by Crippen LogP contribution is -2.06. The summed E-state index contributed by atoms with van der Waals surface area (Å²) >= 11 is 0. The Morgan fingerprint density at radius 2 is 1.46 bits per heavy atom. The van der Waals surface area contributed by atoms with Crippen LogP contribution >= 0.6 is 0 Å². The molecule has 0 aromatic heterocycles. The number of nitrogens with one attached hydrogen (secondary N) is 1. The smallest absolute Gasteiger partial charge is 0.339 e. The van der Waals surface area contributed by atoms with Crippen LogP contribution in [-0.2, 0) is 0 Å². The van der Waals surface area contributed by atoms with Gasteiger partial charge in [-0.2, -0.15) is 0 Å². The molecule has 0 atom stereocenters. The molecule has 0 bridgehead atoms. The molecule has 0 radical (unpaired) electrons. The molecule has 12 heteroatoms. The summed E-state index contributed by atoms with van der Waals surface area (Å²) in [5.41, 5.74) is -3.55. The van der Waals surface area contributed by atoms with E-state index in [9.17, 15) is 34.9 Å². The Morgan fingerprint density at radius 3 is 1.85 bits per heavy atom. The van der Waals surface area contributed by atoms with Gasteiger partial charge in [0.15, 0.2) is 5.69 Å². The van der Waals surface area contributed by atoms with Gasteiger partial charge in [-0.3, -0.25) is 20.2 Å². The number of rotatable bonds is 6. The Labute approximate surface area is 143 Å². The summed E-state index contributed by atoms with van der Waals surface area (Å²) in [7, 11) is 0. The minimum absolute atomic E-state index is 0.0817. The van der Waals surface area contributed by atoms with Crippen LogP contribution < -0.4 is 5.32 Å². The molecule has 0 aliphatic heterocycles. The minimum atomic E-state index is -1.59. The van der Waals surface area contributed by atoms with Gasteiger partial charge < -0.3 is 20.6 Å². The number of carboxylic acids is 2. The van der Waals surface area contributed by atoms with Gasteiger partial charge in [-0.15, -0.1) is 0 Å². The number of benzene rings is 2. The first kappa shape index (κ1) is 18.1. The number of nitro groups is 2. The number of anilines is 2. The number of aromatic hydroxyl groups is 1. The van der Waals surface area contributed by atoms with Crippen LogP contribution in [0.1, 0.15) is 20.7 Å². The van der Waals surface area contributed by atoms with Gasteiger partial charge >= 0.3 is 23.3 Å². The molecule has 0 aliphatic carbocycles. The van der Waals surface area contributed by atoms with Crippen LogP contribution in [0.25, 0.3) is 0 Å². The topological polar surface area (TPSA) is 193 Å². The van der Waals surface area contributed by atoms with Gasteiger partial charge in [0.1, 0.15) is 11.3 Å². The summed E-state index contributed by atoms with van der Waals surface area (Å²) < 4.78 is 0. The fourth-order valence-corrected chi connectivity index (χ4v) is 2.09. The highest BCUT2D eigenvalue weighted by molar-refractivity contribution is 5.94. The highest BCUT2D eigenvalue weighted by Crippen LogP contribution is 2.38. The second kappa shape index (κ2) is 6.72. The number of carbonyl (C=O) groups is 2. The lowest BCUT2D eigenvalue weighted by molar-refractivity contribution is -0.392. The Balaban J connectivity index is 2.63. The van der Waals surface area contributed by atoms with Crippen LogP contribution in [0.4, 0.5) is 22.7 Å². The van der Waals surface area contributed by atoms with Crippen molar-refractivity contribution in [2.24, 2.45) is 0 Å². The molecule has 0 heterocycles. The van der Waals surface area contributed by atoms with Gasteiger partial charge in [-0.25, -0.2) is 9.59 Å². The largest absolute Gasteiger partial charge is 0.507 e. The molecule has 0 aliphatic rings. The van der Waals surface area contributed by atoms with Crippen LogP contribution in [0.5, 0.6) is 5.75 Å². The van der Waals surface area contributed by atoms with Crippen molar-refractivity contribution in [3.63, 3.8) is 0 Å². The highest BCUT2D eigenvalue weighted by Gasteiger charge is 2.29. The normalized spacial score (nSPS) is 10.2. The predicted octanol–water partition coefficient (Wildman–Crippen LogP) is 2.35. The second-order valence-electron chi connectivity index (χ2n) is 4.87. The van der Waals surface area contributed by atoms with Crippen LogP contribution in [0.15, 0.2) is 30.3 Å². The fourth-order valence-electron chi connectivity index (χ4n) is 2.09. The van der Waals surface area contributed by atoms with Crippen molar-refractivity contribution in [2.75, 3.05) is 5.32 Å². The molecule has 0 fully saturated rings. The fraction of sp³-hybridized carbons (Fsp3) is 0. The van der Waals surface area contributed by atoms with Crippen molar-refractivity contribution in [3.8, 4) is 5.75 Å². The van der Waals surface area contributed by atoms with Gasteiger partial charge in [0.2, 0.25) is 0 Å². The Kier molecular flexibility index (Phi) is 4.68. The molecular weight excluding hydrogens is 354 g/mol. The molecule has 12 nitrogen and oxygen atoms in total. The lowest BCUT2D eigenvalue weighted by Gasteiger charge is -2.10. The Hall–Kier alpha value is -4.22. The van der Waals surface area contributed by atoms with Gasteiger partial charge in [0, 0.05) is 23.9 Å². The van der Waals surface area contributed by atoms with Crippen molar-refractivity contribution < 1.29 is 34.8 Å². The quantitative estimate of drug-likeness (QED) is 0.437. The average Bonchev–Trinajstić information content (AvgIpc) is 2.53. The van der Waals surface area contributed by atoms with Crippen LogP contribution in [0.2, 0.25) is 0 Å². The number of nitrogens with zero attached hydrogens (tertiary/aromatic N) is 2. The molecule has 4 N–H and O–H groups in total. The van der Waals surface area contributed by atoms with Gasteiger partial charge in [-0.05, 0) is 12.1 Å². The van der Waals surface area contributed by atoms with E-state index in [1.165, 1.54) is 0 Å². The molecule has 0 saturated carbocycles. The number of hydrogen-bond donors (Lipinski definition) is 4. The summed E-state index contributed by atoms with van der Waals surface area (Å²) in [5.74, 6) is -3.68. The van der Waals surface area contributed by atoms with E-state index in [-0.39, 0.29) is 5.69 Å². The number of aromatic carboxylic acids is 2. The first-order valence-electron chi connectivity index (χ1n) is 6.65. The molecular formula is C14H9N3O9. The van der Waals surface area contributed by atoms with E-state index >= 15 is 0 Å². The van der Waals surface area contributed by atoms with Crippen molar-refractivity contribution >= 4 is 34.7 Å². The first-order chi connectivity index (χ1) is 12.1. The molecule has 2 rings (SSSR count). The zero-order valence-electron chi connectivity index (χ0n) is 12.6. The van der Waals surface area contributed by atoms with E-state index in [4.69, 9.17) is 10.2 Å². The Bertz CT molecular complexity index is 920. The van der Waals surface area contributed by atoms with E-state index < -0.39 is 55.7 Å². The molecule has 134 valence electrons. The first-order valence-corrected chi connectivity index (χ1v) is 6.65. The van der Waals surface area contributed by atoms with E-state index in [2.05, 4.69) is 5.32 Å². The van der Waals surface area contributed by atoms with Gasteiger partial charge in [0.25, 0.3) is 0 Å². The zero-order valence-corrected chi connectivity index (χ0v) is 12.6. The third kappa shape index (κ3) is 3.48. The maximum Gasteiger partial charge on any atom is 0.339 e. The van der Waals surface area contributed by atoms with Crippen LogP contribution in [-0.4, -0.2) is 37.1 Å². The predicted molar refractivity (Wildman–Crippen MR) is 85.1 cm³/mol. The number of phenols is 1. The summed E-state index contributed by atoms with van der Waals surface area (Å²) in [6, 6.07) is 4.30. The Morgan fingerprint density at radius 1 is 0.923 bits per heavy atom. The van der Waals surface area contributed by atoms with Crippen molar-refractivity contribution in [1.82, 2.24) is 0 Å². The summed E-state index contributed by atoms with van der Waals surface area (Å²) in [4.78, 5) is 42.3. The van der Waals surface area contributed by atoms with Gasteiger partial charge in [-0.1, -0.05) is 0 Å². The summed E-state index contributed by atoms with van der Waals surface area (Å²) in [6.45, 7) is 0. The van der Waals surface area contributed by atoms with Crippen molar-refractivity contribution in [2.45, 2.75) is 0 Å². The standard InChI is InChI=1S/C14H9N3O9/c18-11-5-7(1-2-8(11)14(21)22)15-12-9(16(23)24)3-6(13(19)20)4-10(12)17(25)26/h1-5,15,18H,(H,19,20)(H,21,22). The molecule has 0 spiro atoms. The molecule has 0 saturated heterocycles.